The molecule has 0 aromatic heterocycles. The van der Waals surface area contributed by atoms with Crippen LogP contribution < -0.4 is 0 Å². The molecule has 0 aliphatic carbocycles. The number of benzene rings is 1. The highest BCUT2D eigenvalue weighted by Gasteiger charge is 2.56. The molecule has 0 saturated carbocycles. The van der Waals surface area contributed by atoms with Crippen molar-refractivity contribution >= 4 is 16.1 Å². The summed E-state index contributed by atoms with van der Waals surface area (Å²) in [5.74, 6) is -1.95. The molecule has 0 radical (unpaired) electrons. The lowest BCUT2D eigenvalue weighted by Gasteiger charge is -2.26. The largest absolute Gasteiger partial charge is 0.478 e. The summed E-state index contributed by atoms with van der Waals surface area (Å²) >= 11 is 0. The zero-order valence-corrected chi connectivity index (χ0v) is 17.4. The van der Waals surface area contributed by atoms with E-state index in [2.05, 4.69) is 11.3 Å². The zero-order valence-electron chi connectivity index (χ0n) is 16.6. The predicted octanol–water partition coefficient (Wildman–Crippen LogP) is 1.65. The number of methoxy groups -OCH3 is 1. The monoisotopic (exact) mass is 428 g/mol. The van der Waals surface area contributed by atoms with Gasteiger partial charge in [0.15, 0.2) is 30.0 Å². The minimum absolute atomic E-state index is 0.0198. The fourth-order valence-electron chi connectivity index (χ4n) is 3.08. The maximum Gasteiger partial charge on any atom is 0.372 e. The lowest BCUT2D eigenvalue weighted by atomic mass is 10.1. The molecule has 29 heavy (non-hydrogen) atoms. The molecule has 0 spiro atoms. The Morgan fingerprint density at radius 1 is 1.21 bits per heavy atom. The second-order valence-electron chi connectivity index (χ2n) is 7.19. The molecular formula is C19H24O9S. The van der Waals surface area contributed by atoms with Crippen molar-refractivity contribution < 1.29 is 41.1 Å². The van der Waals surface area contributed by atoms with E-state index in [1.807, 2.05) is 6.92 Å². The van der Waals surface area contributed by atoms with E-state index in [0.29, 0.717) is 0 Å². The van der Waals surface area contributed by atoms with Gasteiger partial charge in [0.25, 0.3) is 10.1 Å². The quantitative estimate of drug-likeness (QED) is 0.277. The van der Waals surface area contributed by atoms with E-state index < -0.39 is 46.5 Å². The first-order valence-corrected chi connectivity index (χ1v) is 10.3. The Hall–Kier alpha value is -1.98. The maximum absolute atomic E-state index is 12.5. The summed E-state index contributed by atoms with van der Waals surface area (Å²) in [5.41, 5.74) is 0.919. The molecule has 2 heterocycles. The van der Waals surface area contributed by atoms with E-state index >= 15 is 0 Å². The first-order valence-electron chi connectivity index (χ1n) is 8.93. The highest BCUT2D eigenvalue weighted by molar-refractivity contribution is 7.86. The Morgan fingerprint density at radius 2 is 1.86 bits per heavy atom. The number of ether oxygens (including phenoxy) is 5. The molecule has 0 unspecified atom stereocenters. The number of esters is 1. The standard InChI is InChI=1S/C19H24O9S/c1-11-6-8-13(9-7-11)29(21,22)24-10-14-15(25-12(2)17(20)23-5)16-18(26-14)28-19(3,4)27-16/h6-9,14-16,18H,2,10H2,1,3-5H3/t14-,15-,16+,18+/m1/s1. The van der Waals surface area contributed by atoms with Gasteiger partial charge in [-0.05, 0) is 39.5 Å². The van der Waals surface area contributed by atoms with E-state index in [9.17, 15) is 13.2 Å². The summed E-state index contributed by atoms with van der Waals surface area (Å²) in [6.07, 6.45) is -3.29. The van der Waals surface area contributed by atoms with Crippen molar-refractivity contribution in [1.29, 1.82) is 0 Å². The van der Waals surface area contributed by atoms with Crippen LogP contribution in [-0.4, -0.2) is 58.5 Å². The van der Waals surface area contributed by atoms with Crippen molar-refractivity contribution in [3.8, 4) is 0 Å². The smallest absolute Gasteiger partial charge is 0.372 e. The van der Waals surface area contributed by atoms with Crippen LogP contribution in [0.2, 0.25) is 0 Å². The summed E-state index contributed by atoms with van der Waals surface area (Å²) in [7, 11) is -2.82. The molecule has 160 valence electrons. The van der Waals surface area contributed by atoms with Gasteiger partial charge in [0, 0.05) is 0 Å². The average molecular weight is 428 g/mol. The number of rotatable bonds is 7. The Bertz CT molecular complexity index is 875. The van der Waals surface area contributed by atoms with E-state index in [0.717, 1.165) is 5.56 Å². The molecule has 9 nitrogen and oxygen atoms in total. The number of carbonyl (C=O) groups excluding carboxylic acids is 1. The molecule has 0 bridgehead atoms. The molecule has 0 N–H and O–H groups in total. The minimum Gasteiger partial charge on any atom is -0.478 e. The minimum atomic E-state index is -4.02. The third kappa shape index (κ3) is 4.78. The van der Waals surface area contributed by atoms with E-state index in [-0.39, 0.29) is 17.3 Å². The first-order chi connectivity index (χ1) is 13.5. The van der Waals surface area contributed by atoms with Crippen molar-refractivity contribution in [2.45, 2.75) is 56.1 Å². The van der Waals surface area contributed by atoms with Gasteiger partial charge in [0.05, 0.1) is 18.6 Å². The first kappa shape index (κ1) is 21.7. The Morgan fingerprint density at radius 3 is 2.48 bits per heavy atom. The lowest BCUT2D eigenvalue weighted by Crippen LogP contribution is -2.39. The highest BCUT2D eigenvalue weighted by Crippen LogP contribution is 2.39. The fraction of sp³-hybridized carbons (Fsp3) is 0.526. The molecule has 2 fully saturated rings. The van der Waals surface area contributed by atoms with Gasteiger partial charge in [0.2, 0.25) is 0 Å². The molecule has 1 aromatic carbocycles. The Labute approximate surface area is 169 Å². The third-order valence-electron chi connectivity index (χ3n) is 4.48. The number of aryl methyl sites for hydroxylation is 1. The van der Waals surface area contributed by atoms with Gasteiger partial charge in [-0.25, -0.2) is 4.79 Å². The van der Waals surface area contributed by atoms with Crippen LogP contribution in [0.4, 0.5) is 0 Å². The highest BCUT2D eigenvalue weighted by atomic mass is 32.2. The number of carbonyl (C=O) groups is 1. The molecule has 4 atom stereocenters. The lowest BCUT2D eigenvalue weighted by molar-refractivity contribution is -0.218. The van der Waals surface area contributed by atoms with Gasteiger partial charge in [0.1, 0.15) is 6.10 Å². The van der Waals surface area contributed by atoms with Crippen LogP contribution in [0.3, 0.4) is 0 Å². The molecule has 10 heteroatoms. The van der Waals surface area contributed by atoms with Crippen LogP contribution >= 0.6 is 0 Å². The van der Waals surface area contributed by atoms with Crippen molar-refractivity contribution in [2.75, 3.05) is 13.7 Å². The van der Waals surface area contributed by atoms with Crippen molar-refractivity contribution in [3.63, 3.8) is 0 Å². The second kappa shape index (κ2) is 8.04. The van der Waals surface area contributed by atoms with Gasteiger partial charge >= 0.3 is 5.97 Å². The van der Waals surface area contributed by atoms with Crippen LogP contribution in [0.1, 0.15) is 19.4 Å². The summed E-state index contributed by atoms with van der Waals surface area (Å²) in [6, 6.07) is 6.25. The van der Waals surface area contributed by atoms with Crippen LogP contribution in [-0.2, 0) is 42.8 Å². The Kier molecular flexibility index (Phi) is 6.02. The molecule has 2 aliphatic rings. The SMILES string of the molecule is C=C(O[C@H]1[C@@H]2OC(C)(C)O[C@@H]2O[C@@H]1COS(=O)(=O)c1ccc(C)cc1)C(=O)OC. The zero-order chi connectivity index (χ0) is 21.4. The Balaban J connectivity index is 1.73. The molecule has 2 aliphatic heterocycles. The number of hydrogen-bond donors (Lipinski definition) is 0. The maximum atomic E-state index is 12.5. The van der Waals surface area contributed by atoms with Crippen molar-refractivity contribution in [3.05, 3.63) is 42.2 Å². The van der Waals surface area contributed by atoms with E-state index in [4.69, 9.17) is 23.1 Å². The molecule has 2 saturated heterocycles. The van der Waals surface area contributed by atoms with Crippen LogP contribution in [0, 0.1) is 6.92 Å². The summed E-state index contributed by atoms with van der Waals surface area (Å²) in [6.45, 7) is 8.42. The van der Waals surface area contributed by atoms with Gasteiger partial charge in [-0.15, -0.1) is 0 Å². The van der Waals surface area contributed by atoms with Crippen molar-refractivity contribution in [2.24, 2.45) is 0 Å². The van der Waals surface area contributed by atoms with Gasteiger partial charge in [-0.3, -0.25) is 4.18 Å². The molecular weight excluding hydrogens is 404 g/mol. The van der Waals surface area contributed by atoms with Crippen LogP contribution in [0.5, 0.6) is 0 Å². The van der Waals surface area contributed by atoms with Crippen molar-refractivity contribution in [1.82, 2.24) is 0 Å². The molecule has 3 rings (SSSR count). The third-order valence-corrected chi connectivity index (χ3v) is 5.77. The second-order valence-corrected chi connectivity index (χ2v) is 8.81. The predicted molar refractivity (Wildman–Crippen MR) is 99.0 cm³/mol. The number of hydrogen-bond acceptors (Lipinski definition) is 9. The molecule has 0 amide bonds. The summed E-state index contributed by atoms with van der Waals surface area (Å²) in [4.78, 5) is 11.7. The van der Waals surface area contributed by atoms with E-state index in [1.165, 1.54) is 19.2 Å². The number of fused-ring (bicyclic) bond motifs is 1. The van der Waals surface area contributed by atoms with Crippen LogP contribution in [0.15, 0.2) is 41.5 Å². The topological polar surface area (TPSA) is 107 Å². The normalized spacial score (nSPS) is 28.0. The van der Waals surface area contributed by atoms with E-state index in [1.54, 1.807) is 26.0 Å². The summed E-state index contributed by atoms with van der Waals surface area (Å²) < 4.78 is 57.5. The van der Waals surface area contributed by atoms with Gasteiger partial charge in [-0.1, -0.05) is 17.7 Å². The van der Waals surface area contributed by atoms with Gasteiger partial charge in [-0.2, -0.15) is 8.42 Å². The summed E-state index contributed by atoms with van der Waals surface area (Å²) in [5, 5.41) is 0. The fourth-order valence-corrected chi connectivity index (χ4v) is 4.00. The molecule has 1 aromatic rings. The average Bonchev–Trinajstić information content (AvgIpc) is 3.12. The van der Waals surface area contributed by atoms with Crippen LogP contribution in [0.25, 0.3) is 0 Å². The van der Waals surface area contributed by atoms with Gasteiger partial charge < -0.3 is 23.7 Å².